The van der Waals surface area contributed by atoms with Crippen molar-refractivity contribution < 1.29 is 17.9 Å². The first-order valence-corrected chi connectivity index (χ1v) is 12.9. The Morgan fingerprint density at radius 3 is 2.47 bits per heavy atom. The van der Waals surface area contributed by atoms with Crippen LogP contribution in [0.15, 0.2) is 48.5 Å². The first-order chi connectivity index (χ1) is 15.4. The van der Waals surface area contributed by atoms with Gasteiger partial charge in [0.15, 0.2) is 0 Å². The first-order valence-electron chi connectivity index (χ1n) is 10.9. The van der Waals surface area contributed by atoms with Crippen LogP contribution in [0.4, 0.5) is 5.69 Å². The number of carbonyl (C=O) groups excluding carboxylic acids is 1. The van der Waals surface area contributed by atoms with Gasteiger partial charge in [-0.3, -0.25) is 4.79 Å². The van der Waals surface area contributed by atoms with Crippen LogP contribution >= 0.6 is 11.6 Å². The van der Waals surface area contributed by atoms with Crippen LogP contribution in [-0.4, -0.2) is 63.7 Å². The van der Waals surface area contributed by atoms with Crippen molar-refractivity contribution in [3.63, 3.8) is 0 Å². The summed E-state index contributed by atoms with van der Waals surface area (Å²) in [5, 5.41) is 3.36. The van der Waals surface area contributed by atoms with Gasteiger partial charge in [-0.15, -0.1) is 0 Å². The summed E-state index contributed by atoms with van der Waals surface area (Å²) in [5.74, 6) is 0.286. The molecule has 2 aromatic rings. The molecule has 2 aromatic carbocycles. The summed E-state index contributed by atoms with van der Waals surface area (Å²) in [6, 6.07) is 14.4. The van der Waals surface area contributed by atoms with Crippen molar-refractivity contribution in [1.82, 2.24) is 9.62 Å². The third-order valence-electron chi connectivity index (χ3n) is 5.33. The molecule has 1 aliphatic heterocycles. The van der Waals surface area contributed by atoms with Crippen molar-refractivity contribution in [2.75, 3.05) is 50.0 Å². The summed E-state index contributed by atoms with van der Waals surface area (Å²) in [4.78, 5) is 14.4. The summed E-state index contributed by atoms with van der Waals surface area (Å²) >= 11 is 6.05. The fourth-order valence-electron chi connectivity index (χ4n) is 3.46. The van der Waals surface area contributed by atoms with Crippen LogP contribution in [0.3, 0.4) is 0 Å². The van der Waals surface area contributed by atoms with Crippen LogP contribution in [0.25, 0.3) is 0 Å². The molecule has 0 spiro atoms. The van der Waals surface area contributed by atoms with Crippen molar-refractivity contribution in [3.8, 4) is 5.75 Å². The van der Waals surface area contributed by atoms with Crippen molar-refractivity contribution in [3.05, 3.63) is 59.1 Å². The lowest BCUT2D eigenvalue weighted by molar-refractivity contribution is 0.0956. The van der Waals surface area contributed by atoms with Crippen LogP contribution in [-0.2, 0) is 10.0 Å². The van der Waals surface area contributed by atoms with E-state index in [4.69, 9.17) is 16.3 Å². The highest BCUT2D eigenvalue weighted by Gasteiger charge is 2.27. The minimum atomic E-state index is -3.45. The highest BCUT2D eigenvalue weighted by molar-refractivity contribution is 7.89. The second kappa shape index (κ2) is 11.5. The lowest BCUT2D eigenvalue weighted by atomic mass is 10.2. The van der Waals surface area contributed by atoms with E-state index in [0.29, 0.717) is 43.4 Å². The van der Waals surface area contributed by atoms with Crippen molar-refractivity contribution >= 4 is 33.2 Å². The third kappa shape index (κ3) is 6.85. The number of rotatable bonds is 10. The van der Waals surface area contributed by atoms with E-state index in [-0.39, 0.29) is 18.2 Å². The number of benzene rings is 2. The minimum absolute atomic E-state index is 0.0599. The molecular formula is C23H30ClN3O4S. The lowest BCUT2D eigenvalue weighted by Crippen LogP contribution is -2.50. The van der Waals surface area contributed by atoms with Crippen LogP contribution < -0.4 is 15.0 Å². The molecule has 0 saturated carbocycles. The number of unbranched alkanes of at least 4 members (excludes halogenated alkanes) is 1. The molecule has 1 amide bonds. The van der Waals surface area contributed by atoms with Gasteiger partial charge in [0.2, 0.25) is 10.0 Å². The molecule has 0 unspecified atom stereocenters. The highest BCUT2D eigenvalue weighted by Crippen LogP contribution is 2.21. The zero-order chi connectivity index (χ0) is 23.0. The molecule has 7 nitrogen and oxygen atoms in total. The summed E-state index contributed by atoms with van der Waals surface area (Å²) in [5.41, 5.74) is 1.46. The van der Waals surface area contributed by atoms with Gasteiger partial charge in [0, 0.05) is 49.0 Å². The first kappa shape index (κ1) is 24.4. The maximum absolute atomic E-state index is 12.7. The van der Waals surface area contributed by atoms with E-state index in [1.54, 1.807) is 24.3 Å². The summed E-state index contributed by atoms with van der Waals surface area (Å²) < 4.78 is 32.5. The predicted molar refractivity (Wildman–Crippen MR) is 128 cm³/mol. The Labute approximate surface area is 195 Å². The molecule has 1 fully saturated rings. The number of hydrogen-bond donors (Lipinski definition) is 1. The van der Waals surface area contributed by atoms with Gasteiger partial charge in [-0.2, -0.15) is 4.31 Å². The molecule has 0 aromatic heterocycles. The van der Waals surface area contributed by atoms with Gasteiger partial charge >= 0.3 is 0 Å². The maximum atomic E-state index is 12.7. The number of piperazine rings is 1. The summed E-state index contributed by atoms with van der Waals surface area (Å²) in [7, 11) is -3.45. The third-order valence-corrected chi connectivity index (χ3v) is 7.44. The Hall–Kier alpha value is -2.29. The van der Waals surface area contributed by atoms with Gasteiger partial charge in [0.25, 0.3) is 5.91 Å². The Morgan fingerprint density at radius 1 is 1.09 bits per heavy atom. The average Bonchev–Trinajstić information content (AvgIpc) is 2.79. The molecule has 3 rings (SSSR count). The zero-order valence-electron chi connectivity index (χ0n) is 18.3. The van der Waals surface area contributed by atoms with Crippen LogP contribution in [0.1, 0.15) is 30.1 Å². The molecule has 0 atom stereocenters. The van der Waals surface area contributed by atoms with Gasteiger partial charge < -0.3 is 15.0 Å². The topological polar surface area (TPSA) is 78.9 Å². The summed E-state index contributed by atoms with van der Waals surface area (Å²) in [6.45, 7) is 4.80. The van der Waals surface area contributed by atoms with Gasteiger partial charge in [-0.25, -0.2) is 8.42 Å². The smallest absolute Gasteiger partial charge is 0.251 e. The number of amides is 1. The molecular weight excluding hydrogens is 450 g/mol. The molecule has 1 heterocycles. The van der Waals surface area contributed by atoms with Gasteiger partial charge in [-0.1, -0.05) is 31.0 Å². The van der Waals surface area contributed by atoms with E-state index in [2.05, 4.69) is 17.1 Å². The standard InChI is InChI=1S/C23H30ClN3O4S/c1-2-3-16-31-22-9-7-19(8-10-22)23(28)25-11-17-32(29,30)27-14-12-26(13-15-27)21-6-4-5-20(24)18-21/h4-10,18H,2-3,11-17H2,1H3,(H,25,28). The Morgan fingerprint density at radius 2 is 1.81 bits per heavy atom. The van der Waals surface area contributed by atoms with E-state index in [1.807, 2.05) is 24.3 Å². The fraction of sp³-hybridized carbons (Fsp3) is 0.435. The molecule has 1 aliphatic rings. The number of nitrogens with zero attached hydrogens (tertiary/aromatic N) is 2. The molecule has 9 heteroatoms. The van der Waals surface area contributed by atoms with E-state index in [1.165, 1.54) is 4.31 Å². The van der Waals surface area contributed by atoms with E-state index < -0.39 is 10.0 Å². The number of carbonyl (C=O) groups is 1. The fourth-order valence-corrected chi connectivity index (χ4v) is 4.98. The zero-order valence-corrected chi connectivity index (χ0v) is 19.9. The van der Waals surface area contributed by atoms with Gasteiger partial charge in [-0.05, 0) is 48.9 Å². The van der Waals surface area contributed by atoms with Crippen molar-refractivity contribution in [2.45, 2.75) is 19.8 Å². The Kier molecular flexibility index (Phi) is 8.78. The second-order valence-corrected chi connectivity index (χ2v) is 10.2. The maximum Gasteiger partial charge on any atom is 0.251 e. The molecule has 0 radical (unpaired) electrons. The number of nitrogens with one attached hydrogen (secondary N) is 1. The van der Waals surface area contributed by atoms with Gasteiger partial charge in [0.1, 0.15) is 5.75 Å². The average molecular weight is 480 g/mol. The monoisotopic (exact) mass is 479 g/mol. The van der Waals surface area contributed by atoms with E-state index in [0.717, 1.165) is 24.3 Å². The van der Waals surface area contributed by atoms with Crippen molar-refractivity contribution in [1.29, 1.82) is 0 Å². The van der Waals surface area contributed by atoms with E-state index >= 15 is 0 Å². The SMILES string of the molecule is CCCCOc1ccc(C(=O)NCCS(=O)(=O)N2CCN(c3cccc(Cl)c3)CC2)cc1. The van der Waals surface area contributed by atoms with Crippen LogP contribution in [0.2, 0.25) is 5.02 Å². The number of halogens is 1. The quantitative estimate of drug-likeness (QED) is 0.528. The number of ether oxygens (including phenoxy) is 1. The summed E-state index contributed by atoms with van der Waals surface area (Å²) in [6.07, 6.45) is 2.04. The minimum Gasteiger partial charge on any atom is -0.494 e. The predicted octanol–water partition coefficient (Wildman–Crippen LogP) is 3.40. The Bertz CT molecular complexity index is 991. The molecule has 32 heavy (non-hydrogen) atoms. The molecule has 174 valence electrons. The normalized spacial score (nSPS) is 14.9. The lowest BCUT2D eigenvalue weighted by Gasteiger charge is -2.35. The largest absolute Gasteiger partial charge is 0.494 e. The van der Waals surface area contributed by atoms with Crippen LogP contribution in [0, 0.1) is 0 Å². The van der Waals surface area contributed by atoms with E-state index in [9.17, 15) is 13.2 Å². The number of anilines is 1. The van der Waals surface area contributed by atoms with Crippen molar-refractivity contribution in [2.24, 2.45) is 0 Å². The molecule has 0 bridgehead atoms. The molecule has 0 aliphatic carbocycles. The van der Waals surface area contributed by atoms with Gasteiger partial charge in [0.05, 0.1) is 12.4 Å². The Balaban J connectivity index is 1.43. The molecule has 1 saturated heterocycles. The highest BCUT2D eigenvalue weighted by atomic mass is 35.5. The second-order valence-electron chi connectivity index (χ2n) is 7.66. The number of sulfonamides is 1. The van der Waals surface area contributed by atoms with Crippen LogP contribution in [0.5, 0.6) is 5.75 Å². The molecule has 1 N–H and O–H groups in total. The number of hydrogen-bond acceptors (Lipinski definition) is 5.